The Balaban J connectivity index is 2.59. The Hall–Kier alpha value is -1.21. The van der Waals surface area contributed by atoms with Gasteiger partial charge in [-0.25, -0.2) is 0 Å². The Morgan fingerprint density at radius 3 is 2.21 bits per heavy atom. The van der Waals surface area contributed by atoms with Gasteiger partial charge in [0, 0.05) is 12.0 Å². The van der Waals surface area contributed by atoms with E-state index in [1.54, 1.807) is 6.26 Å². The zero-order chi connectivity index (χ0) is 14.2. The van der Waals surface area contributed by atoms with Crippen molar-refractivity contribution < 1.29 is 4.42 Å². The molecular weight excluding hydrogens is 256 g/mol. The van der Waals surface area contributed by atoms with Gasteiger partial charge in [-0.3, -0.25) is 0 Å². The molecule has 0 radical (unpaired) electrons. The fourth-order valence-corrected chi connectivity index (χ4v) is 3.17. The summed E-state index contributed by atoms with van der Waals surface area (Å²) in [6.45, 7) is 10.7. The molecule has 0 bridgehead atoms. The third kappa shape index (κ3) is 2.44. The summed E-state index contributed by atoms with van der Waals surface area (Å²) in [4.78, 5) is 0. The van der Waals surface area contributed by atoms with Gasteiger partial charge in [-0.1, -0.05) is 13.0 Å². The highest BCUT2D eigenvalue weighted by Gasteiger charge is 2.21. The minimum atomic E-state index is -0.132. The third-order valence-corrected chi connectivity index (χ3v) is 4.50. The lowest BCUT2D eigenvalue weighted by Gasteiger charge is -2.19. The van der Waals surface area contributed by atoms with Crippen LogP contribution in [-0.4, -0.2) is 0 Å². The number of halogens is 1. The zero-order valence-corrected chi connectivity index (χ0v) is 13.1. The van der Waals surface area contributed by atoms with Crippen molar-refractivity contribution in [1.29, 1.82) is 0 Å². The maximum absolute atomic E-state index is 6.75. The second kappa shape index (κ2) is 5.42. The lowest BCUT2D eigenvalue weighted by Crippen LogP contribution is -2.04. The highest BCUT2D eigenvalue weighted by Crippen LogP contribution is 2.37. The number of aryl methyl sites for hydroxylation is 3. The molecule has 0 aliphatic carbocycles. The standard InChI is InChI=1S/C17H21ClO/c1-6-15-14(7-8-19-15)17(18)16-12(4)10(2)9-11(3)13(16)5/h7-9,17H,6H2,1-5H3. The van der Waals surface area contributed by atoms with Gasteiger partial charge >= 0.3 is 0 Å². The summed E-state index contributed by atoms with van der Waals surface area (Å²) in [6.07, 6.45) is 2.60. The first-order valence-electron chi connectivity index (χ1n) is 6.75. The molecule has 1 nitrogen and oxygen atoms in total. The molecule has 1 atom stereocenters. The Morgan fingerprint density at radius 1 is 1.11 bits per heavy atom. The molecule has 0 spiro atoms. The van der Waals surface area contributed by atoms with Crippen molar-refractivity contribution in [3.05, 3.63) is 57.5 Å². The van der Waals surface area contributed by atoms with Crippen LogP contribution in [0, 0.1) is 27.7 Å². The van der Waals surface area contributed by atoms with Gasteiger partial charge < -0.3 is 4.42 Å². The van der Waals surface area contributed by atoms with Crippen molar-refractivity contribution in [2.75, 3.05) is 0 Å². The molecule has 2 heteroatoms. The summed E-state index contributed by atoms with van der Waals surface area (Å²) in [5, 5.41) is -0.132. The largest absolute Gasteiger partial charge is 0.469 e. The summed E-state index contributed by atoms with van der Waals surface area (Å²) in [5.41, 5.74) is 7.49. The Labute approximate surface area is 120 Å². The number of hydrogen-bond acceptors (Lipinski definition) is 1. The van der Waals surface area contributed by atoms with Crippen molar-refractivity contribution in [1.82, 2.24) is 0 Å². The van der Waals surface area contributed by atoms with Crippen LogP contribution < -0.4 is 0 Å². The van der Waals surface area contributed by atoms with Gasteiger partial charge in [-0.2, -0.15) is 0 Å². The molecule has 2 aromatic rings. The molecule has 0 saturated carbocycles. The van der Waals surface area contributed by atoms with Crippen LogP contribution in [0.5, 0.6) is 0 Å². The number of benzene rings is 1. The minimum Gasteiger partial charge on any atom is -0.469 e. The van der Waals surface area contributed by atoms with E-state index in [0.29, 0.717) is 0 Å². The number of furan rings is 1. The molecule has 1 unspecified atom stereocenters. The molecule has 2 rings (SSSR count). The lowest BCUT2D eigenvalue weighted by atomic mass is 9.90. The van der Waals surface area contributed by atoms with Crippen molar-refractivity contribution >= 4 is 11.6 Å². The Morgan fingerprint density at radius 2 is 1.68 bits per heavy atom. The van der Waals surface area contributed by atoms with E-state index < -0.39 is 0 Å². The number of alkyl halides is 1. The summed E-state index contributed by atoms with van der Waals surface area (Å²) in [7, 11) is 0. The number of rotatable bonds is 3. The van der Waals surface area contributed by atoms with Crippen LogP contribution in [0.2, 0.25) is 0 Å². The Kier molecular flexibility index (Phi) is 4.05. The molecule has 0 aliphatic rings. The van der Waals surface area contributed by atoms with E-state index in [2.05, 4.69) is 40.7 Å². The molecule has 0 N–H and O–H groups in total. The van der Waals surface area contributed by atoms with E-state index in [1.165, 1.54) is 27.8 Å². The average molecular weight is 277 g/mol. The molecule has 0 fully saturated rings. The van der Waals surface area contributed by atoms with Crippen LogP contribution in [0.25, 0.3) is 0 Å². The smallest absolute Gasteiger partial charge is 0.108 e. The molecule has 1 heterocycles. The van der Waals surface area contributed by atoms with Crippen LogP contribution >= 0.6 is 11.6 Å². The van der Waals surface area contributed by atoms with Crippen LogP contribution in [0.15, 0.2) is 22.8 Å². The van der Waals surface area contributed by atoms with Gasteiger partial charge in [-0.15, -0.1) is 11.6 Å². The molecule has 0 saturated heterocycles. The highest BCUT2D eigenvalue weighted by molar-refractivity contribution is 6.23. The van der Waals surface area contributed by atoms with Gasteiger partial charge in [0.2, 0.25) is 0 Å². The van der Waals surface area contributed by atoms with Crippen LogP contribution in [0.3, 0.4) is 0 Å². The predicted molar refractivity (Wildman–Crippen MR) is 81.2 cm³/mol. The lowest BCUT2D eigenvalue weighted by molar-refractivity contribution is 0.511. The Bertz CT molecular complexity index is 569. The van der Waals surface area contributed by atoms with E-state index in [1.807, 2.05) is 6.07 Å². The zero-order valence-electron chi connectivity index (χ0n) is 12.3. The van der Waals surface area contributed by atoms with Gasteiger partial charge in [0.05, 0.1) is 11.6 Å². The highest BCUT2D eigenvalue weighted by atomic mass is 35.5. The fraction of sp³-hybridized carbons (Fsp3) is 0.412. The van der Waals surface area contributed by atoms with E-state index in [-0.39, 0.29) is 5.38 Å². The van der Waals surface area contributed by atoms with Gasteiger partial charge in [0.15, 0.2) is 0 Å². The summed E-state index contributed by atoms with van der Waals surface area (Å²) >= 11 is 6.75. The van der Waals surface area contributed by atoms with Crippen LogP contribution in [0.1, 0.15) is 51.4 Å². The van der Waals surface area contributed by atoms with E-state index in [0.717, 1.165) is 17.7 Å². The quantitative estimate of drug-likeness (QED) is 0.684. The number of hydrogen-bond donors (Lipinski definition) is 0. The van der Waals surface area contributed by atoms with Crippen molar-refractivity contribution in [2.24, 2.45) is 0 Å². The molecule has 19 heavy (non-hydrogen) atoms. The molecule has 1 aromatic heterocycles. The summed E-state index contributed by atoms with van der Waals surface area (Å²) < 4.78 is 5.51. The second-order valence-corrected chi connectivity index (χ2v) is 5.63. The first-order valence-corrected chi connectivity index (χ1v) is 7.18. The SMILES string of the molecule is CCc1occc1C(Cl)c1c(C)c(C)cc(C)c1C. The topological polar surface area (TPSA) is 13.1 Å². The second-order valence-electron chi connectivity index (χ2n) is 5.19. The summed E-state index contributed by atoms with van der Waals surface area (Å²) in [5.74, 6) is 0.984. The van der Waals surface area contributed by atoms with E-state index >= 15 is 0 Å². The van der Waals surface area contributed by atoms with Gasteiger partial charge in [0.25, 0.3) is 0 Å². The normalized spacial score (nSPS) is 12.7. The first kappa shape index (κ1) is 14.2. The van der Waals surface area contributed by atoms with Crippen molar-refractivity contribution in [2.45, 2.75) is 46.4 Å². The van der Waals surface area contributed by atoms with Gasteiger partial charge in [-0.05, 0) is 61.6 Å². The van der Waals surface area contributed by atoms with E-state index in [4.69, 9.17) is 16.0 Å². The predicted octanol–water partition coefficient (Wildman–Crippen LogP) is 5.40. The van der Waals surface area contributed by atoms with Crippen molar-refractivity contribution in [3.8, 4) is 0 Å². The van der Waals surface area contributed by atoms with Crippen LogP contribution in [-0.2, 0) is 6.42 Å². The van der Waals surface area contributed by atoms with Crippen LogP contribution in [0.4, 0.5) is 0 Å². The minimum absolute atomic E-state index is 0.132. The van der Waals surface area contributed by atoms with E-state index in [9.17, 15) is 0 Å². The molecule has 102 valence electrons. The fourth-order valence-electron chi connectivity index (χ4n) is 2.65. The molecule has 1 aromatic carbocycles. The monoisotopic (exact) mass is 276 g/mol. The molecule has 0 aliphatic heterocycles. The summed E-state index contributed by atoms with van der Waals surface area (Å²) in [6, 6.07) is 4.22. The molecular formula is C17H21ClO. The van der Waals surface area contributed by atoms with Crippen molar-refractivity contribution in [3.63, 3.8) is 0 Å². The van der Waals surface area contributed by atoms with Gasteiger partial charge in [0.1, 0.15) is 5.76 Å². The average Bonchev–Trinajstić information content (AvgIpc) is 2.84. The maximum atomic E-state index is 6.75. The first-order chi connectivity index (χ1) is 8.97. The molecule has 0 amide bonds. The third-order valence-electron chi connectivity index (χ3n) is 4.05. The maximum Gasteiger partial charge on any atom is 0.108 e.